The average Bonchev–Trinajstić information content (AvgIpc) is 2.71. The Morgan fingerprint density at radius 2 is 0.964 bits per heavy atom. The minimum Gasteiger partial charge on any atom is -0.247 e. The zero-order valence-corrected chi connectivity index (χ0v) is 19.1. The first-order chi connectivity index (χ1) is 13.5. The molecule has 0 amide bonds. The largest absolute Gasteiger partial charge is 0.247 e. The van der Waals surface area contributed by atoms with Crippen molar-refractivity contribution in [1.29, 1.82) is 0 Å². The number of alkyl halides is 1. The molecule has 6 unspecified atom stereocenters. The van der Waals surface area contributed by atoms with E-state index in [-0.39, 0.29) is 0 Å². The van der Waals surface area contributed by atoms with Crippen LogP contribution in [0.2, 0.25) is 0 Å². The fraction of sp³-hybridized carbons (Fsp3) is 1.00. The van der Waals surface area contributed by atoms with E-state index in [1.54, 1.807) is 0 Å². The Bertz CT molecular complexity index is 471. The first kappa shape index (κ1) is 21.2. The Morgan fingerprint density at radius 3 is 1.57 bits per heavy atom. The van der Waals surface area contributed by atoms with Crippen molar-refractivity contribution in [3.05, 3.63) is 0 Å². The molecule has 28 heavy (non-hydrogen) atoms. The minimum absolute atomic E-state index is 0.316. The van der Waals surface area contributed by atoms with Gasteiger partial charge in [0.1, 0.15) is 6.17 Å². The van der Waals surface area contributed by atoms with Gasteiger partial charge in [0.2, 0.25) is 0 Å². The third kappa shape index (κ3) is 4.80. The highest BCUT2D eigenvalue weighted by Gasteiger charge is 2.40. The average molecular weight is 391 g/mol. The predicted molar refractivity (Wildman–Crippen MR) is 118 cm³/mol. The Balaban J connectivity index is 1.23. The van der Waals surface area contributed by atoms with Crippen molar-refractivity contribution in [1.82, 2.24) is 0 Å². The molecule has 1 heteroatoms. The van der Waals surface area contributed by atoms with Crippen LogP contribution in [-0.2, 0) is 0 Å². The molecule has 0 spiro atoms. The summed E-state index contributed by atoms with van der Waals surface area (Å²) in [7, 11) is 0. The van der Waals surface area contributed by atoms with E-state index in [1.165, 1.54) is 77.0 Å². The van der Waals surface area contributed by atoms with Crippen LogP contribution in [0.25, 0.3) is 0 Å². The fourth-order valence-electron chi connectivity index (χ4n) is 8.12. The van der Waals surface area contributed by atoms with Gasteiger partial charge < -0.3 is 0 Å². The molecule has 0 saturated heterocycles. The molecule has 4 aliphatic carbocycles. The molecule has 6 atom stereocenters. The van der Waals surface area contributed by atoms with E-state index in [0.29, 0.717) is 11.8 Å². The molecule has 0 aromatic carbocycles. The van der Waals surface area contributed by atoms with Gasteiger partial charge in [-0.1, -0.05) is 33.6 Å². The van der Waals surface area contributed by atoms with E-state index >= 15 is 0 Å². The Hall–Kier alpha value is -0.0700. The third-order valence-corrected chi connectivity index (χ3v) is 10.2. The first-order valence-corrected chi connectivity index (χ1v) is 13.1. The van der Waals surface area contributed by atoms with Crippen molar-refractivity contribution in [3.63, 3.8) is 0 Å². The molecule has 4 fully saturated rings. The highest BCUT2D eigenvalue weighted by Crippen LogP contribution is 2.50. The zero-order chi connectivity index (χ0) is 19.7. The summed E-state index contributed by atoms with van der Waals surface area (Å²) < 4.78 is 14.2. The highest BCUT2D eigenvalue weighted by molar-refractivity contribution is 4.90. The quantitative estimate of drug-likeness (QED) is 0.453. The van der Waals surface area contributed by atoms with Crippen LogP contribution < -0.4 is 0 Å². The van der Waals surface area contributed by atoms with Gasteiger partial charge in [0, 0.05) is 0 Å². The summed E-state index contributed by atoms with van der Waals surface area (Å²) in [6.07, 6.45) is 19.1. The van der Waals surface area contributed by atoms with Gasteiger partial charge in [0.15, 0.2) is 0 Å². The van der Waals surface area contributed by atoms with E-state index < -0.39 is 6.17 Å². The smallest absolute Gasteiger partial charge is 0.103 e. The van der Waals surface area contributed by atoms with Crippen LogP contribution in [0.15, 0.2) is 0 Å². The van der Waals surface area contributed by atoms with Gasteiger partial charge in [0.25, 0.3) is 0 Å². The number of hydrogen-bond acceptors (Lipinski definition) is 0. The molecular formula is C27H47F. The molecule has 4 rings (SSSR count). The van der Waals surface area contributed by atoms with Crippen molar-refractivity contribution in [2.24, 2.45) is 53.3 Å². The van der Waals surface area contributed by atoms with Crippen LogP contribution in [0, 0.1) is 53.3 Å². The molecule has 0 N–H and O–H groups in total. The Labute approximate surface area is 174 Å². The predicted octanol–water partition coefficient (Wildman–Crippen LogP) is 8.45. The standard InChI is InChI=1S/C27H47F/c1-18-4-7-21(8-5-18)24-14-15-26(20(3)16-24)23-12-10-22(11-13-23)25-9-6-19(2)27(28)17-25/h18-27H,4-17H2,1-3H3. The molecule has 0 bridgehead atoms. The summed E-state index contributed by atoms with van der Waals surface area (Å²) in [5.41, 5.74) is 0. The van der Waals surface area contributed by atoms with Gasteiger partial charge >= 0.3 is 0 Å². The monoisotopic (exact) mass is 390 g/mol. The van der Waals surface area contributed by atoms with E-state index in [4.69, 9.17) is 0 Å². The van der Waals surface area contributed by atoms with Crippen molar-refractivity contribution >= 4 is 0 Å². The van der Waals surface area contributed by atoms with Crippen LogP contribution >= 0.6 is 0 Å². The van der Waals surface area contributed by atoms with Crippen LogP contribution in [0.1, 0.15) is 111 Å². The van der Waals surface area contributed by atoms with E-state index in [1.807, 2.05) is 0 Å². The molecule has 0 nitrogen and oxygen atoms in total. The zero-order valence-electron chi connectivity index (χ0n) is 19.1. The fourth-order valence-corrected chi connectivity index (χ4v) is 8.12. The Morgan fingerprint density at radius 1 is 0.464 bits per heavy atom. The molecule has 0 heterocycles. The Kier molecular flexibility index (Phi) is 7.09. The second-order valence-electron chi connectivity index (χ2n) is 12.0. The van der Waals surface area contributed by atoms with Crippen LogP contribution in [0.5, 0.6) is 0 Å². The lowest BCUT2D eigenvalue weighted by molar-refractivity contribution is 0.0432. The lowest BCUT2D eigenvalue weighted by atomic mass is 9.60. The van der Waals surface area contributed by atoms with Crippen molar-refractivity contribution in [2.45, 2.75) is 117 Å². The second kappa shape index (κ2) is 9.38. The minimum atomic E-state index is -0.519. The van der Waals surface area contributed by atoms with Crippen LogP contribution in [-0.4, -0.2) is 6.17 Å². The third-order valence-electron chi connectivity index (χ3n) is 10.2. The van der Waals surface area contributed by atoms with Gasteiger partial charge in [0.05, 0.1) is 0 Å². The van der Waals surface area contributed by atoms with Crippen molar-refractivity contribution in [2.75, 3.05) is 0 Å². The second-order valence-corrected chi connectivity index (χ2v) is 12.0. The topological polar surface area (TPSA) is 0 Å². The molecule has 0 aliphatic heterocycles. The summed E-state index contributed by atoms with van der Waals surface area (Å²) in [4.78, 5) is 0. The van der Waals surface area contributed by atoms with Gasteiger partial charge in [-0.3, -0.25) is 0 Å². The SMILES string of the molecule is CC1CCC(C2CCC(C3CCC(C4CCC(C)C(F)C4)CC3)C(C)C2)CC1. The molecule has 0 aromatic rings. The summed E-state index contributed by atoms with van der Waals surface area (Å²) in [5, 5.41) is 0. The normalized spacial score (nSPS) is 51.0. The molecule has 0 aromatic heterocycles. The summed E-state index contributed by atoms with van der Waals surface area (Å²) in [5.74, 6) is 7.88. The van der Waals surface area contributed by atoms with Crippen molar-refractivity contribution < 1.29 is 4.39 Å². The molecule has 162 valence electrons. The maximum atomic E-state index is 14.2. The first-order valence-electron chi connectivity index (χ1n) is 13.1. The van der Waals surface area contributed by atoms with Crippen LogP contribution in [0.3, 0.4) is 0 Å². The van der Waals surface area contributed by atoms with Gasteiger partial charge in [-0.15, -0.1) is 0 Å². The van der Waals surface area contributed by atoms with Crippen LogP contribution in [0.4, 0.5) is 4.39 Å². The van der Waals surface area contributed by atoms with E-state index in [2.05, 4.69) is 20.8 Å². The van der Waals surface area contributed by atoms with E-state index in [9.17, 15) is 4.39 Å². The maximum absolute atomic E-state index is 14.2. The molecule has 4 saturated carbocycles. The molecule has 4 aliphatic rings. The van der Waals surface area contributed by atoms with E-state index in [0.717, 1.165) is 54.3 Å². The molecular weight excluding hydrogens is 343 g/mol. The lowest BCUT2D eigenvalue weighted by Gasteiger charge is -2.45. The summed E-state index contributed by atoms with van der Waals surface area (Å²) >= 11 is 0. The van der Waals surface area contributed by atoms with Gasteiger partial charge in [-0.05, 0) is 130 Å². The number of halogens is 1. The highest BCUT2D eigenvalue weighted by atomic mass is 19.1. The molecule has 0 radical (unpaired) electrons. The van der Waals surface area contributed by atoms with Crippen molar-refractivity contribution in [3.8, 4) is 0 Å². The summed E-state index contributed by atoms with van der Waals surface area (Å²) in [6.45, 7) is 7.15. The van der Waals surface area contributed by atoms with Gasteiger partial charge in [-0.25, -0.2) is 4.39 Å². The lowest BCUT2D eigenvalue weighted by Crippen LogP contribution is -2.36. The van der Waals surface area contributed by atoms with Gasteiger partial charge in [-0.2, -0.15) is 0 Å². The maximum Gasteiger partial charge on any atom is 0.103 e. The number of rotatable bonds is 3. The summed E-state index contributed by atoms with van der Waals surface area (Å²) in [6, 6.07) is 0. The number of hydrogen-bond donors (Lipinski definition) is 0.